The molecular weight excluding hydrogens is 350 g/mol. The molecule has 2 aliphatic heterocycles. The van der Waals surface area contributed by atoms with Crippen molar-refractivity contribution < 1.29 is 18.4 Å². The highest BCUT2D eigenvalue weighted by atomic mass is 19.2. The zero-order valence-electron chi connectivity index (χ0n) is 15.6. The molecule has 0 radical (unpaired) electrons. The van der Waals surface area contributed by atoms with E-state index >= 15 is 0 Å². The molecule has 2 heterocycles. The molecule has 4 nitrogen and oxygen atoms in total. The Morgan fingerprint density at radius 3 is 2.67 bits per heavy atom. The second kappa shape index (κ2) is 7.21. The number of likely N-dealkylation sites (tertiary alicyclic amines) is 2. The molecule has 27 heavy (non-hydrogen) atoms. The molecule has 1 atom stereocenters. The second-order valence-corrected chi connectivity index (χ2v) is 8.31. The number of benzene rings is 1. The quantitative estimate of drug-likeness (QED) is 0.810. The summed E-state index contributed by atoms with van der Waals surface area (Å²) in [5.74, 6) is -1.46. The summed E-state index contributed by atoms with van der Waals surface area (Å²) in [6.45, 7) is 1.74. The fourth-order valence-electron chi connectivity index (χ4n) is 5.05. The van der Waals surface area contributed by atoms with Crippen molar-refractivity contribution in [1.29, 1.82) is 0 Å². The zero-order chi connectivity index (χ0) is 19.0. The fraction of sp³-hybridized carbons (Fsp3) is 0.619. The third-order valence-electron chi connectivity index (χ3n) is 6.59. The van der Waals surface area contributed by atoms with Crippen LogP contribution < -0.4 is 0 Å². The van der Waals surface area contributed by atoms with Crippen LogP contribution in [-0.2, 0) is 16.1 Å². The third kappa shape index (κ3) is 3.34. The van der Waals surface area contributed by atoms with Gasteiger partial charge < -0.3 is 9.80 Å². The standard InChI is InChI=1S/C21H26F2N2O2/c22-17-8-3-7-16(18(17)23)13-24-11-4-9-21(20(24)27)10-12-25(14-21)19(26)15-5-1-2-6-15/h3,7-8,15H,1-2,4-6,9-14H2. The fourth-order valence-corrected chi connectivity index (χ4v) is 5.05. The maximum Gasteiger partial charge on any atom is 0.230 e. The molecule has 1 spiro atoms. The van der Waals surface area contributed by atoms with Gasteiger partial charge in [-0.25, -0.2) is 8.78 Å². The summed E-state index contributed by atoms with van der Waals surface area (Å²) >= 11 is 0. The number of halogens is 2. The average Bonchev–Trinajstić information content (AvgIpc) is 3.33. The van der Waals surface area contributed by atoms with Crippen LogP contribution in [0.1, 0.15) is 50.5 Å². The van der Waals surface area contributed by atoms with Gasteiger partial charge in [0.25, 0.3) is 0 Å². The Bertz CT molecular complexity index is 748. The minimum atomic E-state index is -0.888. The Morgan fingerprint density at radius 2 is 1.89 bits per heavy atom. The van der Waals surface area contributed by atoms with E-state index in [1.54, 1.807) is 4.90 Å². The van der Waals surface area contributed by atoms with Crippen molar-refractivity contribution in [3.63, 3.8) is 0 Å². The molecule has 6 heteroatoms. The van der Waals surface area contributed by atoms with Gasteiger partial charge in [0.15, 0.2) is 11.6 Å². The molecule has 1 unspecified atom stereocenters. The lowest BCUT2D eigenvalue weighted by Crippen LogP contribution is -2.50. The van der Waals surface area contributed by atoms with Crippen LogP contribution in [0, 0.1) is 23.0 Å². The van der Waals surface area contributed by atoms with Crippen LogP contribution in [-0.4, -0.2) is 41.2 Å². The van der Waals surface area contributed by atoms with Crippen LogP contribution in [0.3, 0.4) is 0 Å². The number of nitrogens with zero attached hydrogens (tertiary/aromatic N) is 2. The van der Waals surface area contributed by atoms with Gasteiger partial charge in [-0.15, -0.1) is 0 Å². The van der Waals surface area contributed by atoms with Gasteiger partial charge in [0, 0.05) is 37.7 Å². The highest BCUT2D eigenvalue weighted by Gasteiger charge is 2.50. The number of piperidine rings is 1. The minimum absolute atomic E-state index is 0.0147. The molecule has 1 saturated carbocycles. The van der Waals surface area contributed by atoms with Crippen molar-refractivity contribution in [1.82, 2.24) is 9.80 Å². The molecule has 146 valence electrons. The lowest BCUT2D eigenvalue weighted by Gasteiger charge is -2.39. The number of carbonyl (C=O) groups is 2. The van der Waals surface area contributed by atoms with Crippen LogP contribution in [0.15, 0.2) is 18.2 Å². The first-order chi connectivity index (χ1) is 13.0. The van der Waals surface area contributed by atoms with E-state index in [0.29, 0.717) is 26.1 Å². The molecule has 1 aromatic carbocycles. The lowest BCUT2D eigenvalue weighted by molar-refractivity contribution is -0.147. The van der Waals surface area contributed by atoms with E-state index in [1.807, 2.05) is 4.90 Å². The van der Waals surface area contributed by atoms with Gasteiger partial charge >= 0.3 is 0 Å². The maximum absolute atomic E-state index is 14.0. The molecule has 0 bridgehead atoms. The first-order valence-electron chi connectivity index (χ1n) is 10.0. The molecule has 2 amide bonds. The van der Waals surface area contributed by atoms with E-state index in [1.165, 1.54) is 12.1 Å². The average molecular weight is 376 g/mol. The number of amides is 2. The van der Waals surface area contributed by atoms with Crippen LogP contribution in [0.25, 0.3) is 0 Å². The summed E-state index contributed by atoms with van der Waals surface area (Å²) in [5.41, 5.74) is -0.340. The summed E-state index contributed by atoms with van der Waals surface area (Å²) in [7, 11) is 0. The summed E-state index contributed by atoms with van der Waals surface area (Å²) in [5, 5.41) is 0. The lowest BCUT2D eigenvalue weighted by atomic mass is 9.78. The maximum atomic E-state index is 14.0. The normalized spacial score (nSPS) is 26.4. The van der Waals surface area contributed by atoms with Crippen LogP contribution in [0.5, 0.6) is 0 Å². The summed E-state index contributed by atoms with van der Waals surface area (Å²) in [6, 6.07) is 4.08. The van der Waals surface area contributed by atoms with Crippen LogP contribution in [0.4, 0.5) is 8.78 Å². The number of hydrogen-bond acceptors (Lipinski definition) is 2. The number of hydrogen-bond donors (Lipinski definition) is 0. The van der Waals surface area contributed by atoms with E-state index in [4.69, 9.17) is 0 Å². The van der Waals surface area contributed by atoms with E-state index < -0.39 is 17.0 Å². The molecule has 0 N–H and O–H groups in total. The molecular formula is C21H26F2N2O2. The van der Waals surface area contributed by atoms with Crippen molar-refractivity contribution in [2.75, 3.05) is 19.6 Å². The molecule has 3 fully saturated rings. The van der Waals surface area contributed by atoms with Crippen LogP contribution in [0.2, 0.25) is 0 Å². The Labute approximate surface area is 158 Å². The summed E-state index contributed by atoms with van der Waals surface area (Å²) < 4.78 is 27.5. The Hall–Kier alpha value is -1.98. The molecule has 1 aliphatic carbocycles. The highest BCUT2D eigenvalue weighted by molar-refractivity contribution is 5.86. The molecule has 3 aliphatic rings. The number of carbonyl (C=O) groups excluding carboxylic acids is 2. The third-order valence-corrected chi connectivity index (χ3v) is 6.59. The minimum Gasteiger partial charge on any atom is -0.341 e. The summed E-state index contributed by atoms with van der Waals surface area (Å²) in [6.07, 6.45) is 6.41. The smallest absolute Gasteiger partial charge is 0.230 e. The first-order valence-corrected chi connectivity index (χ1v) is 10.0. The van der Waals surface area contributed by atoms with Crippen LogP contribution >= 0.6 is 0 Å². The predicted molar refractivity (Wildman–Crippen MR) is 96.6 cm³/mol. The largest absolute Gasteiger partial charge is 0.341 e. The Morgan fingerprint density at radius 1 is 1.11 bits per heavy atom. The summed E-state index contributed by atoms with van der Waals surface area (Å²) in [4.78, 5) is 29.5. The van der Waals surface area contributed by atoms with Gasteiger partial charge in [-0.05, 0) is 38.2 Å². The number of rotatable bonds is 3. The van der Waals surface area contributed by atoms with Crippen molar-refractivity contribution in [2.45, 2.75) is 51.5 Å². The Kier molecular flexibility index (Phi) is 4.91. The second-order valence-electron chi connectivity index (χ2n) is 8.31. The molecule has 2 saturated heterocycles. The zero-order valence-corrected chi connectivity index (χ0v) is 15.6. The van der Waals surface area contributed by atoms with E-state index in [-0.39, 0.29) is 29.8 Å². The van der Waals surface area contributed by atoms with Gasteiger partial charge in [-0.1, -0.05) is 25.0 Å². The van der Waals surface area contributed by atoms with Gasteiger partial charge in [0.2, 0.25) is 11.8 Å². The van der Waals surface area contributed by atoms with E-state index in [2.05, 4.69) is 0 Å². The van der Waals surface area contributed by atoms with Crippen molar-refractivity contribution in [2.24, 2.45) is 11.3 Å². The van der Waals surface area contributed by atoms with Gasteiger partial charge in [-0.2, -0.15) is 0 Å². The molecule has 0 aromatic heterocycles. The Balaban J connectivity index is 1.47. The van der Waals surface area contributed by atoms with E-state index in [9.17, 15) is 18.4 Å². The SMILES string of the molecule is O=C(C1CCCC1)N1CCC2(CCCN(Cc3cccc(F)c3F)C2=O)C1. The van der Waals surface area contributed by atoms with Crippen molar-refractivity contribution in [3.05, 3.63) is 35.4 Å². The van der Waals surface area contributed by atoms with Gasteiger partial charge in [-0.3, -0.25) is 9.59 Å². The predicted octanol–water partition coefficient (Wildman–Crippen LogP) is 3.50. The molecule has 1 aromatic rings. The van der Waals surface area contributed by atoms with E-state index in [0.717, 1.165) is 44.6 Å². The van der Waals surface area contributed by atoms with Crippen molar-refractivity contribution >= 4 is 11.8 Å². The first kappa shape index (κ1) is 18.4. The molecule has 4 rings (SSSR count). The van der Waals surface area contributed by atoms with Crippen molar-refractivity contribution in [3.8, 4) is 0 Å². The monoisotopic (exact) mass is 376 g/mol. The van der Waals surface area contributed by atoms with Gasteiger partial charge in [0.1, 0.15) is 0 Å². The topological polar surface area (TPSA) is 40.6 Å². The van der Waals surface area contributed by atoms with Gasteiger partial charge in [0.05, 0.1) is 5.41 Å². The highest BCUT2D eigenvalue weighted by Crippen LogP contribution is 2.41.